The van der Waals surface area contributed by atoms with Gasteiger partial charge in [-0.3, -0.25) is 9.59 Å². The van der Waals surface area contributed by atoms with Crippen molar-refractivity contribution in [3.63, 3.8) is 0 Å². The summed E-state index contributed by atoms with van der Waals surface area (Å²) in [6.45, 7) is 5.46. The van der Waals surface area contributed by atoms with Gasteiger partial charge in [0.1, 0.15) is 23.7 Å². The second-order valence-electron chi connectivity index (χ2n) is 15.3. The van der Waals surface area contributed by atoms with Gasteiger partial charge in [-0.1, -0.05) is 24.3 Å². The smallest absolute Gasteiger partial charge is 0.407 e. The van der Waals surface area contributed by atoms with E-state index >= 15 is 0 Å². The zero-order chi connectivity index (χ0) is 42.7. The molecule has 0 unspecified atom stereocenters. The van der Waals surface area contributed by atoms with Gasteiger partial charge in [-0.05, 0) is 51.7 Å². The summed E-state index contributed by atoms with van der Waals surface area (Å²) in [6.07, 6.45) is 3.25. The van der Waals surface area contributed by atoms with E-state index in [-0.39, 0.29) is 23.9 Å². The molecular weight excluding hydrogens is 775 g/mol. The van der Waals surface area contributed by atoms with E-state index in [4.69, 9.17) is 28.9 Å². The number of carbonyl (C=O) groups excluding carboxylic acids is 3. The number of carboxylic acid groups (broad SMARTS) is 1. The number of methoxy groups -OCH3 is 4. The monoisotopic (exact) mass is 827 g/mol. The van der Waals surface area contributed by atoms with E-state index in [1.54, 1.807) is 43.2 Å². The third-order valence-electron chi connectivity index (χ3n) is 11.9. The highest BCUT2D eigenvalue weighted by atomic mass is 16.5. The van der Waals surface area contributed by atoms with Gasteiger partial charge < -0.3 is 59.0 Å². The molecule has 5 N–H and O–H groups in total. The van der Waals surface area contributed by atoms with E-state index in [1.165, 1.54) is 21.3 Å². The Balaban J connectivity index is 1.16. The molecule has 60 heavy (non-hydrogen) atoms. The number of aromatic amines is 2. The lowest BCUT2D eigenvalue weighted by molar-refractivity contribution is -0.138. The van der Waals surface area contributed by atoms with Crippen molar-refractivity contribution in [1.82, 2.24) is 44.9 Å². The Labute approximate surface area is 346 Å². The van der Waals surface area contributed by atoms with Gasteiger partial charge in [-0.15, -0.1) is 0 Å². The Hall–Kier alpha value is -5.98. The van der Waals surface area contributed by atoms with Crippen LogP contribution in [0, 0.1) is 0 Å². The summed E-state index contributed by atoms with van der Waals surface area (Å²) in [5.41, 5.74) is 5.44. The molecule has 0 aliphatic carbocycles. The number of H-pyrrole nitrogens is 2. The van der Waals surface area contributed by atoms with Crippen LogP contribution in [-0.2, 0) is 35.1 Å². The van der Waals surface area contributed by atoms with Gasteiger partial charge >= 0.3 is 12.2 Å². The van der Waals surface area contributed by atoms with Gasteiger partial charge in [0.05, 0.1) is 61.8 Å². The molecule has 0 spiro atoms. The highest BCUT2D eigenvalue weighted by molar-refractivity contribution is 6.10. The first-order chi connectivity index (χ1) is 29.0. The van der Waals surface area contributed by atoms with Gasteiger partial charge in [-0.2, -0.15) is 0 Å². The standard InChI is InChI=1S/C42H53N9O9/c1-23(58-4)35(47-41(54)55)39(52)50-15-7-9-31(50)37-43-21-29(45-37)25-11-13-27-28-14-12-26(20-34(28)49(17-18-57-3)33(27)19-25)30-22-44-38(46-30)32-10-8-16-51(32)40(53)36(24(2)59-5)48-42(56)60-6/h11-14,19-24,31-32,35-36,47H,7-10,15-18H2,1-6H3,(H,43,45)(H,44,46)(H,48,56)(H,54,55)/t23-,24-,31+,32+,35+,36+/m1/s1. The molecule has 18 heteroatoms. The highest BCUT2D eigenvalue weighted by Gasteiger charge is 2.40. The van der Waals surface area contributed by atoms with E-state index < -0.39 is 36.5 Å². The second-order valence-corrected chi connectivity index (χ2v) is 15.3. The van der Waals surface area contributed by atoms with Crippen molar-refractivity contribution in [2.24, 2.45) is 0 Å². The van der Waals surface area contributed by atoms with Crippen molar-refractivity contribution in [2.45, 2.75) is 82.5 Å². The van der Waals surface area contributed by atoms with Crippen molar-refractivity contribution >= 4 is 45.8 Å². The lowest BCUT2D eigenvalue weighted by atomic mass is 10.1. The van der Waals surface area contributed by atoms with Crippen LogP contribution in [0.25, 0.3) is 44.3 Å². The Morgan fingerprint density at radius 3 is 1.68 bits per heavy atom. The predicted molar refractivity (Wildman–Crippen MR) is 221 cm³/mol. The number of likely N-dealkylation sites (tertiary alicyclic amines) is 2. The molecule has 0 bridgehead atoms. The quantitative estimate of drug-likeness (QED) is 0.0948. The number of carbonyl (C=O) groups is 4. The maximum atomic E-state index is 13.8. The molecule has 2 aliphatic heterocycles. The number of fused-ring (bicyclic) bond motifs is 3. The van der Waals surface area contributed by atoms with Crippen molar-refractivity contribution < 1.29 is 43.2 Å². The van der Waals surface area contributed by atoms with E-state index in [0.717, 1.165) is 57.2 Å². The van der Waals surface area contributed by atoms with E-state index in [2.05, 4.69) is 55.5 Å². The zero-order valence-corrected chi connectivity index (χ0v) is 34.7. The van der Waals surface area contributed by atoms with Crippen molar-refractivity contribution in [3.05, 3.63) is 60.4 Å². The van der Waals surface area contributed by atoms with Crippen LogP contribution in [0.1, 0.15) is 63.3 Å². The fraction of sp³-hybridized carbons (Fsp3) is 0.476. The summed E-state index contributed by atoms with van der Waals surface area (Å²) in [4.78, 5) is 70.9. The molecule has 3 aromatic heterocycles. The van der Waals surface area contributed by atoms with Crippen LogP contribution in [0.5, 0.6) is 0 Å². The third-order valence-corrected chi connectivity index (χ3v) is 11.9. The molecule has 2 aromatic carbocycles. The average Bonchev–Trinajstić information content (AvgIpc) is 4.12. The van der Waals surface area contributed by atoms with Crippen molar-refractivity contribution in [2.75, 3.05) is 48.1 Å². The molecule has 320 valence electrons. The Kier molecular flexibility index (Phi) is 12.7. The minimum atomic E-state index is -1.29. The maximum absolute atomic E-state index is 13.8. The number of alkyl carbamates (subject to hydrolysis) is 1. The van der Waals surface area contributed by atoms with Crippen LogP contribution >= 0.6 is 0 Å². The maximum Gasteiger partial charge on any atom is 0.407 e. The number of nitrogens with one attached hydrogen (secondary N) is 4. The molecule has 0 saturated carbocycles. The number of imidazole rings is 2. The van der Waals surface area contributed by atoms with Gasteiger partial charge in [-0.25, -0.2) is 19.6 Å². The molecule has 4 amide bonds. The lowest BCUT2D eigenvalue weighted by Gasteiger charge is -2.30. The lowest BCUT2D eigenvalue weighted by Crippen LogP contribution is -2.54. The Morgan fingerprint density at radius 2 is 1.25 bits per heavy atom. The number of aromatic nitrogens is 5. The first-order valence-corrected chi connectivity index (χ1v) is 20.1. The van der Waals surface area contributed by atoms with Crippen LogP contribution in [0.2, 0.25) is 0 Å². The topological polar surface area (TPSA) is 218 Å². The van der Waals surface area contributed by atoms with E-state index in [1.807, 2.05) is 6.07 Å². The number of rotatable bonds is 15. The number of hydrogen-bond donors (Lipinski definition) is 5. The van der Waals surface area contributed by atoms with E-state index in [0.29, 0.717) is 50.7 Å². The number of ether oxygens (including phenoxy) is 4. The number of hydrogen-bond acceptors (Lipinski definition) is 10. The van der Waals surface area contributed by atoms with Gasteiger partial charge in [0.15, 0.2) is 0 Å². The normalized spacial score (nSPS) is 18.8. The molecule has 5 aromatic rings. The fourth-order valence-electron chi connectivity index (χ4n) is 8.50. The summed E-state index contributed by atoms with van der Waals surface area (Å²) in [6, 6.07) is 9.94. The van der Waals surface area contributed by atoms with Gasteiger partial charge in [0.2, 0.25) is 11.8 Å². The molecule has 18 nitrogen and oxygen atoms in total. The van der Waals surface area contributed by atoms with Crippen LogP contribution in [0.15, 0.2) is 48.8 Å². The third kappa shape index (κ3) is 8.26. The first-order valence-electron chi connectivity index (χ1n) is 20.1. The summed E-state index contributed by atoms with van der Waals surface area (Å²) in [5, 5.41) is 16.5. The first kappa shape index (κ1) is 42.2. The molecule has 6 atom stereocenters. The fourth-order valence-corrected chi connectivity index (χ4v) is 8.50. The Bertz CT molecular complexity index is 2350. The van der Waals surface area contributed by atoms with E-state index in [9.17, 15) is 24.3 Å². The summed E-state index contributed by atoms with van der Waals surface area (Å²) in [7, 11) is 5.87. The molecule has 2 fully saturated rings. The molecule has 0 radical (unpaired) electrons. The summed E-state index contributed by atoms with van der Waals surface area (Å²) in [5.74, 6) is 0.670. The minimum absolute atomic E-state index is 0.267. The van der Waals surface area contributed by atoms with Gasteiger partial charge in [0, 0.05) is 73.9 Å². The highest BCUT2D eigenvalue weighted by Crippen LogP contribution is 2.37. The van der Waals surface area contributed by atoms with Crippen molar-refractivity contribution in [3.8, 4) is 22.5 Å². The average molecular weight is 828 g/mol. The molecule has 7 rings (SSSR count). The largest absolute Gasteiger partial charge is 0.465 e. The Morgan fingerprint density at radius 1 is 0.767 bits per heavy atom. The SMILES string of the molecule is COCCn1c2cc(-c3cnc([C@@H]4CCCN4C(=O)[C@@H](NC(=O)O)[C@@H](C)OC)[nH]3)ccc2c2ccc(-c3cnc([C@@H]4CCCN4C(=O)[C@@H](NC(=O)OC)[C@@H](C)OC)[nH]3)cc21. The van der Waals surface area contributed by atoms with Gasteiger partial charge in [0.25, 0.3) is 0 Å². The zero-order valence-electron chi connectivity index (χ0n) is 34.7. The number of nitrogens with zero attached hydrogens (tertiary/aromatic N) is 5. The second kappa shape index (κ2) is 18.1. The minimum Gasteiger partial charge on any atom is -0.465 e. The summed E-state index contributed by atoms with van der Waals surface area (Å²) < 4.78 is 23.3. The van der Waals surface area contributed by atoms with Crippen LogP contribution < -0.4 is 10.6 Å². The molecular formula is C42H53N9O9. The van der Waals surface area contributed by atoms with Crippen molar-refractivity contribution in [1.29, 1.82) is 0 Å². The number of benzene rings is 2. The van der Waals surface area contributed by atoms with Crippen LogP contribution in [0.4, 0.5) is 9.59 Å². The van der Waals surface area contributed by atoms with Crippen LogP contribution in [0.3, 0.4) is 0 Å². The van der Waals surface area contributed by atoms with Crippen LogP contribution in [-0.4, -0.2) is 136 Å². The molecule has 5 heterocycles. The summed E-state index contributed by atoms with van der Waals surface area (Å²) >= 11 is 0. The number of amides is 4. The molecule has 2 saturated heterocycles. The predicted octanol–water partition coefficient (Wildman–Crippen LogP) is 4.98. The molecule has 2 aliphatic rings.